The summed E-state index contributed by atoms with van der Waals surface area (Å²) in [7, 11) is 0. The molecule has 22 heteroatoms. The van der Waals surface area contributed by atoms with Gasteiger partial charge in [-0.2, -0.15) is 0 Å². The lowest BCUT2D eigenvalue weighted by Gasteiger charge is -2.05. The van der Waals surface area contributed by atoms with Gasteiger partial charge < -0.3 is 0 Å². The van der Waals surface area contributed by atoms with Gasteiger partial charge in [0.05, 0.1) is 59.5 Å². The van der Waals surface area contributed by atoms with Crippen LogP contribution < -0.4 is 0 Å². The van der Waals surface area contributed by atoms with E-state index in [9.17, 15) is 48.5 Å². The van der Waals surface area contributed by atoms with Gasteiger partial charge >= 0.3 is 47.8 Å². The molecule has 8 aromatic carbocycles. The van der Waals surface area contributed by atoms with Crippen molar-refractivity contribution < 1.29 is 82.4 Å². The van der Waals surface area contributed by atoms with Crippen molar-refractivity contribution in [3.8, 4) is 0 Å². The van der Waals surface area contributed by atoms with E-state index < -0.39 is 52.7 Å². The molecule has 19 nitrogen and oxygen atoms in total. The topological polar surface area (TPSA) is 254 Å². The Labute approximate surface area is 485 Å². The number of rotatable bonds is 9. The van der Waals surface area contributed by atoms with Crippen molar-refractivity contribution in [3.05, 3.63) is 286 Å². The first-order chi connectivity index (χ1) is 39.2. The third-order valence-corrected chi connectivity index (χ3v) is 11.7. The van der Waals surface area contributed by atoms with Gasteiger partial charge in [0, 0.05) is 16.6 Å². The quantitative estimate of drug-likeness (QED) is 0.0739. The summed E-state index contributed by atoms with van der Waals surface area (Å²) < 4.78 is 0.839. The summed E-state index contributed by atoms with van der Waals surface area (Å²) in [5.74, 6) is -6.30. The van der Waals surface area contributed by atoms with Crippen molar-refractivity contribution in [2.75, 3.05) is 0 Å². The Balaban J connectivity index is 0.000000201. The van der Waals surface area contributed by atoms with Gasteiger partial charge in [-0.05, 0) is 137 Å². The second-order valence-electron chi connectivity index (χ2n) is 16.7. The van der Waals surface area contributed by atoms with E-state index in [0.29, 0.717) is 22.3 Å². The lowest BCUT2D eigenvalue weighted by Crippen LogP contribution is -2.12. The molecule has 8 rings (SSSR count). The molecule has 0 radical (unpaired) electrons. The van der Waals surface area contributed by atoms with Crippen LogP contribution in [0.2, 0.25) is 10.0 Å². The maximum Gasteiger partial charge on any atom is 0.387 e. The Morgan fingerprint density at radius 3 is 0.768 bits per heavy atom. The molecular weight excluding hydrogens is 1170 g/mol. The van der Waals surface area contributed by atoms with Gasteiger partial charge in [0.1, 0.15) is 0 Å². The lowest BCUT2D eigenvalue weighted by atomic mass is 10.1. The van der Waals surface area contributed by atoms with Crippen LogP contribution in [0.5, 0.6) is 0 Å². The number of benzene rings is 8. The largest absolute Gasteiger partial charge is 0.387 e. The number of hydrogen-bond donors (Lipinski definition) is 0. The average molecular weight is 1220 g/mol. The second-order valence-corrected chi connectivity index (χ2v) is 18.4. The van der Waals surface area contributed by atoms with Gasteiger partial charge in [-0.3, -0.25) is 10.1 Å². The molecule has 0 N–H and O–H groups in total. The molecule has 0 aliphatic rings. The molecular formula is C60H44BrCl2NO18. The van der Waals surface area contributed by atoms with Crippen LogP contribution in [0, 0.1) is 37.8 Å². The summed E-state index contributed by atoms with van der Waals surface area (Å²) in [6.45, 7) is 7.59. The van der Waals surface area contributed by atoms with Crippen LogP contribution in [0.4, 0.5) is 5.69 Å². The van der Waals surface area contributed by atoms with Crippen molar-refractivity contribution in [3.63, 3.8) is 0 Å². The summed E-state index contributed by atoms with van der Waals surface area (Å²) >= 11 is 14.9. The van der Waals surface area contributed by atoms with E-state index in [-0.39, 0.29) is 38.0 Å². The average Bonchev–Trinajstić information content (AvgIpc) is 3.49. The van der Waals surface area contributed by atoms with Gasteiger partial charge in [-0.25, -0.2) is 77.5 Å². The molecule has 0 aromatic heterocycles. The summed E-state index contributed by atoms with van der Waals surface area (Å²) in [6, 6.07) is 50.5. The molecule has 8 aromatic rings. The Kier molecular flexibility index (Phi) is 24.2. The van der Waals surface area contributed by atoms with Crippen molar-refractivity contribution in [2.45, 2.75) is 27.7 Å². The molecule has 0 aliphatic heterocycles. The van der Waals surface area contributed by atoms with Crippen LogP contribution in [-0.4, -0.2) is 52.7 Å². The SMILES string of the molecule is Cc1ccc(C(=O)OOC(=O)c2ccc(Br)cc2)cc1.Cc1ccc(C(=O)OOC(=O)c2ccc(C)cc2)cc1.Cc1ccc(C(=O)OOC(=O)c2ccc([N+](=O)[O-])cc2)cc1.O=C(OOC(=O)c1ccccc1Cl)c1ccccc1Cl. The fourth-order valence-electron chi connectivity index (χ4n) is 6.00. The van der Waals surface area contributed by atoms with Gasteiger partial charge in [-0.15, -0.1) is 0 Å². The molecule has 0 fully saturated rings. The first-order valence-electron chi connectivity index (χ1n) is 23.7. The number of carbonyl (C=O) groups is 8. The maximum atomic E-state index is 11.7. The van der Waals surface area contributed by atoms with Crippen LogP contribution in [0.25, 0.3) is 0 Å². The monoisotopic (exact) mass is 1220 g/mol. The van der Waals surface area contributed by atoms with E-state index in [1.54, 1.807) is 133 Å². The van der Waals surface area contributed by atoms with Crippen LogP contribution >= 0.6 is 39.1 Å². The Morgan fingerprint density at radius 1 is 0.329 bits per heavy atom. The molecule has 0 atom stereocenters. The van der Waals surface area contributed by atoms with E-state index in [1.807, 2.05) is 27.7 Å². The van der Waals surface area contributed by atoms with Crippen molar-refractivity contribution in [2.24, 2.45) is 0 Å². The van der Waals surface area contributed by atoms with Crippen LogP contribution in [-0.2, 0) is 39.1 Å². The third-order valence-electron chi connectivity index (χ3n) is 10.5. The predicted octanol–water partition coefficient (Wildman–Crippen LogP) is 13.7. The number of nitrogens with zero attached hydrogens (tertiary/aromatic N) is 1. The minimum atomic E-state index is -0.921. The molecule has 418 valence electrons. The molecule has 0 bridgehead atoms. The summed E-state index contributed by atoms with van der Waals surface area (Å²) in [4.78, 5) is 139. The first-order valence-corrected chi connectivity index (χ1v) is 25.2. The third kappa shape index (κ3) is 20.3. The fourth-order valence-corrected chi connectivity index (χ4v) is 6.69. The second kappa shape index (κ2) is 31.5. The molecule has 0 unspecified atom stereocenters. The Morgan fingerprint density at radius 2 is 0.537 bits per heavy atom. The number of non-ortho nitro benzene ring substituents is 1. The number of nitro groups is 1. The van der Waals surface area contributed by atoms with Crippen molar-refractivity contribution in [1.29, 1.82) is 0 Å². The molecule has 0 saturated carbocycles. The van der Waals surface area contributed by atoms with Crippen LogP contribution in [0.15, 0.2) is 199 Å². The van der Waals surface area contributed by atoms with Gasteiger partial charge in [-0.1, -0.05) is 134 Å². The molecule has 0 aliphatic carbocycles. The molecule has 0 amide bonds. The van der Waals surface area contributed by atoms with Crippen LogP contribution in [0.3, 0.4) is 0 Å². The van der Waals surface area contributed by atoms with Gasteiger partial charge in [0.25, 0.3) is 5.69 Å². The van der Waals surface area contributed by atoms with E-state index in [4.69, 9.17) is 23.2 Å². The van der Waals surface area contributed by atoms with E-state index in [1.165, 1.54) is 48.5 Å². The fraction of sp³-hybridized carbons (Fsp3) is 0.0667. The summed E-state index contributed by atoms with van der Waals surface area (Å²) in [5.41, 5.74) is 5.62. The highest BCUT2D eigenvalue weighted by atomic mass is 79.9. The van der Waals surface area contributed by atoms with Gasteiger partial charge in [0.15, 0.2) is 0 Å². The summed E-state index contributed by atoms with van der Waals surface area (Å²) in [5, 5.41) is 10.9. The molecule has 0 spiro atoms. The van der Waals surface area contributed by atoms with Crippen molar-refractivity contribution in [1.82, 2.24) is 0 Å². The molecule has 0 saturated heterocycles. The zero-order valence-corrected chi connectivity index (χ0v) is 46.5. The zero-order valence-electron chi connectivity index (χ0n) is 43.4. The van der Waals surface area contributed by atoms with Crippen molar-refractivity contribution >= 4 is 92.6 Å². The number of carbonyl (C=O) groups excluding carboxylic acids is 8. The Hall–Kier alpha value is -10.0. The number of halogens is 3. The zero-order chi connectivity index (χ0) is 59.7. The standard InChI is InChI=1S/C16H14O4.C15H11BrO4.C15H11NO6.C14H8Cl2O4/c1-11-3-7-13(8-4-11)15(17)19-20-16(18)14-9-5-12(2)6-10-14;1-10-2-4-11(5-3-10)14(17)19-20-15(18)12-6-8-13(16)9-7-12;1-10-2-4-11(5-3-10)14(17)21-22-15(18)12-6-8-13(9-7-12)16(19)20;15-11-7-3-1-5-9(11)13(17)19-20-14(18)10-6-2-4-8-12(10)16/h3-10H,1-2H3;2-9H,1H3;2-9H,1H3;1-8H. The number of hydrogen-bond acceptors (Lipinski definition) is 18. The van der Waals surface area contributed by atoms with E-state index in [0.717, 1.165) is 38.9 Å². The van der Waals surface area contributed by atoms with E-state index in [2.05, 4.69) is 55.0 Å². The predicted molar refractivity (Wildman–Crippen MR) is 298 cm³/mol. The molecule has 82 heavy (non-hydrogen) atoms. The summed E-state index contributed by atoms with van der Waals surface area (Å²) in [6.07, 6.45) is 0. The van der Waals surface area contributed by atoms with Crippen LogP contribution in [0.1, 0.15) is 105 Å². The highest BCUT2D eigenvalue weighted by molar-refractivity contribution is 9.10. The lowest BCUT2D eigenvalue weighted by molar-refractivity contribution is -0.384. The smallest absolute Gasteiger partial charge is 0.258 e. The Bertz CT molecular complexity index is 3250. The molecule has 0 heterocycles. The maximum absolute atomic E-state index is 11.7. The van der Waals surface area contributed by atoms with E-state index >= 15 is 0 Å². The number of aryl methyl sites for hydroxylation is 4. The highest BCUT2D eigenvalue weighted by Crippen LogP contribution is 2.20. The first kappa shape index (κ1) is 62.8. The minimum absolute atomic E-state index is 0.0299. The number of nitro benzene ring substituents is 1. The minimum Gasteiger partial charge on any atom is -0.258 e. The van der Waals surface area contributed by atoms with Gasteiger partial charge in [0.2, 0.25) is 0 Å². The normalized spacial score (nSPS) is 9.89. The highest BCUT2D eigenvalue weighted by Gasteiger charge is 2.20.